The van der Waals surface area contributed by atoms with E-state index in [1.165, 1.54) is 0 Å². The maximum absolute atomic E-state index is 12.0. The average Bonchev–Trinajstić information content (AvgIpc) is 2.45. The lowest BCUT2D eigenvalue weighted by Gasteiger charge is -2.17. The van der Waals surface area contributed by atoms with Crippen LogP contribution in [-0.2, 0) is 25.8 Å². The summed E-state index contributed by atoms with van der Waals surface area (Å²) in [6, 6.07) is 9.47. The molecule has 1 aromatic rings. The van der Waals surface area contributed by atoms with E-state index in [4.69, 9.17) is 9.57 Å². The van der Waals surface area contributed by atoms with Crippen LogP contribution >= 0.6 is 0 Å². The molecule has 0 aromatic heterocycles. The van der Waals surface area contributed by atoms with Crippen molar-refractivity contribution in [1.29, 1.82) is 0 Å². The molecule has 1 unspecified atom stereocenters. The summed E-state index contributed by atoms with van der Waals surface area (Å²) in [6.45, 7) is 6.12. The maximum Gasteiger partial charge on any atom is 0.318 e. The van der Waals surface area contributed by atoms with Gasteiger partial charge in [0, 0.05) is 0 Å². The normalized spacial score (nSPS) is 12.0. The average molecular weight is 293 g/mol. The van der Waals surface area contributed by atoms with Crippen molar-refractivity contribution in [2.75, 3.05) is 6.61 Å². The Kier molecular flexibility index (Phi) is 7.46. The van der Waals surface area contributed by atoms with Gasteiger partial charge in [-0.2, -0.15) is 0 Å². The molecule has 1 amide bonds. The number of hydroxylamine groups is 1. The molecule has 0 aliphatic rings. The third-order valence-corrected chi connectivity index (χ3v) is 2.85. The van der Waals surface area contributed by atoms with Crippen molar-refractivity contribution in [1.82, 2.24) is 5.48 Å². The number of nitrogens with one attached hydrogen (secondary N) is 1. The van der Waals surface area contributed by atoms with E-state index >= 15 is 0 Å². The number of hydrogen-bond donors (Lipinski definition) is 1. The predicted octanol–water partition coefficient (Wildman–Crippen LogP) is 2.46. The molecule has 1 N–H and O–H groups in total. The summed E-state index contributed by atoms with van der Waals surface area (Å²) < 4.78 is 4.94. The summed E-state index contributed by atoms with van der Waals surface area (Å²) in [5.74, 6) is -1.59. The third-order valence-electron chi connectivity index (χ3n) is 2.85. The molecule has 1 atom stereocenters. The Hall–Kier alpha value is -1.88. The number of rotatable bonds is 8. The summed E-state index contributed by atoms with van der Waals surface area (Å²) in [4.78, 5) is 29.0. The lowest BCUT2D eigenvalue weighted by atomic mass is 9.96. The fourth-order valence-electron chi connectivity index (χ4n) is 1.86. The van der Waals surface area contributed by atoms with Gasteiger partial charge in [0.2, 0.25) is 0 Å². The summed E-state index contributed by atoms with van der Waals surface area (Å²) in [5, 5.41) is 0. The quantitative estimate of drug-likeness (QED) is 0.454. The number of benzene rings is 1. The van der Waals surface area contributed by atoms with Gasteiger partial charge < -0.3 is 4.74 Å². The van der Waals surface area contributed by atoms with Crippen molar-refractivity contribution < 1.29 is 19.2 Å². The number of hydrogen-bond acceptors (Lipinski definition) is 4. The number of esters is 1. The van der Waals surface area contributed by atoms with Crippen molar-refractivity contribution in [2.45, 2.75) is 33.8 Å². The first-order chi connectivity index (χ1) is 10.0. The summed E-state index contributed by atoms with van der Waals surface area (Å²) in [7, 11) is 0. The lowest BCUT2D eigenvalue weighted by Crippen LogP contribution is -2.37. The molecule has 0 radical (unpaired) electrons. The Balaban J connectivity index is 2.50. The molecule has 0 bridgehead atoms. The standard InChI is InChI=1S/C16H23NO4/c1-4-20-16(19)14(10-12(2)3)15(18)17-21-11-13-8-6-5-7-9-13/h5-9,12,14H,4,10-11H2,1-3H3,(H,17,18). The molecule has 0 saturated carbocycles. The van der Waals surface area contributed by atoms with Gasteiger partial charge in [-0.05, 0) is 24.8 Å². The van der Waals surface area contributed by atoms with Crippen LogP contribution in [0.25, 0.3) is 0 Å². The molecular weight excluding hydrogens is 270 g/mol. The van der Waals surface area contributed by atoms with Crippen molar-refractivity contribution in [3.63, 3.8) is 0 Å². The second-order valence-corrected chi connectivity index (χ2v) is 5.17. The zero-order chi connectivity index (χ0) is 15.7. The highest BCUT2D eigenvalue weighted by Gasteiger charge is 2.29. The van der Waals surface area contributed by atoms with Gasteiger partial charge in [0.1, 0.15) is 5.92 Å². The fraction of sp³-hybridized carbons (Fsp3) is 0.500. The van der Waals surface area contributed by atoms with Crippen molar-refractivity contribution in [2.24, 2.45) is 11.8 Å². The molecule has 5 nitrogen and oxygen atoms in total. The SMILES string of the molecule is CCOC(=O)C(CC(C)C)C(=O)NOCc1ccccc1. The first-order valence-electron chi connectivity index (χ1n) is 7.16. The second kappa shape index (κ2) is 9.13. The van der Waals surface area contributed by atoms with Crippen molar-refractivity contribution in [3.05, 3.63) is 35.9 Å². The van der Waals surface area contributed by atoms with E-state index in [-0.39, 0.29) is 19.1 Å². The topological polar surface area (TPSA) is 64.6 Å². The Labute approximate surface area is 125 Å². The van der Waals surface area contributed by atoms with E-state index in [0.29, 0.717) is 6.42 Å². The van der Waals surface area contributed by atoms with E-state index in [1.807, 2.05) is 44.2 Å². The summed E-state index contributed by atoms with van der Waals surface area (Å²) >= 11 is 0. The van der Waals surface area contributed by atoms with Gasteiger partial charge in [0.15, 0.2) is 0 Å². The number of ether oxygens (including phenoxy) is 1. The van der Waals surface area contributed by atoms with Crippen LogP contribution in [0, 0.1) is 11.8 Å². The van der Waals surface area contributed by atoms with E-state index in [9.17, 15) is 9.59 Å². The molecule has 0 aliphatic carbocycles. The number of carbonyl (C=O) groups is 2. The molecule has 0 aliphatic heterocycles. The van der Waals surface area contributed by atoms with Gasteiger partial charge >= 0.3 is 5.97 Å². The minimum Gasteiger partial charge on any atom is -0.465 e. The number of carbonyl (C=O) groups excluding carboxylic acids is 2. The molecule has 21 heavy (non-hydrogen) atoms. The zero-order valence-electron chi connectivity index (χ0n) is 12.8. The van der Waals surface area contributed by atoms with E-state index in [0.717, 1.165) is 5.56 Å². The molecule has 0 saturated heterocycles. The first-order valence-corrected chi connectivity index (χ1v) is 7.16. The Morgan fingerprint density at radius 2 is 1.86 bits per heavy atom. The minimum atomic E-state index is -0.833. The van der Waals surface area contributed by atoms with Crippen LogP contribution in [0.5, 0.6) is 0 Å². The zero-order valence-corrected chi connectivity index (χ0v) is 12.8. The Morgan fingerprint density at radius 1 is 1.19 bits per heavy atom. The monoisotopic (exact) mass is 293 g/mol. The van der Waals surface area contributed by atoms with Gasteiger partial charge in [-0.25, -0.2) is 5.48 Å². The summed E-state index contributed by atoms with van der Waals surface area (Å²) in [5.41, 5.74) is 3.28. The van der Waals surface area contributed by atoms with E-state index < -0.39 is 17.8 Å². The highest BCUT2D eigenvalue weighted by Crippen LogP contribution is 2.14. The molecule has 0 fully saturated rings. The molecule has 116 valence electrons. The molecule has 0 heterocycles. The van der Waals surface area contributed by atoms with Gasteiger partial charge in [-0.15, -0.1) is 0 Å². The Bertz CT molecular complexity index is 445. The van der Waals surface area contributed by atoms with Crippen LogP contribution in [0.15, 0.2) is 30.3 Å². The molecule has 0 spiro atoms. The second-order valence-electron chi connectivity index (χ2n) is 5.17. The van der Waals surface area contributed by atoms with Crippen molar-refractivity contribution in [3.8, 4) is 0 Å². The maximum atomic E-state index is 12.0. The highest BCUT2D eigenvalue weighted by molar-refractivity contribution is 5.97. The number of amides is 1. The van der Waals surface area contributed by atoms with Crippen molar-refractivity contribution >= 4 is 11.9 Å². The van der Waals surface area contributed by atoms with Gasteiger partial charge in [-0.3, -0.25) is 14.4 Å². The van der Waals surface area contributed by atoms with E-state index in [1.54, 1.807) is 6.92 Å². The third kappa shape index (κ3) is 6.40. The first kappa shape index (κ1) is 17.2. The smallest absolute Gasteiger partial charge is 0.318 e. The highest BCUT2D eigenvalue weighted by atomic mass is 16.7. The minimum absolute atomic E-state index is 0.208. The fourth-order valence-corrected chi connectivity index (χ4v) is 1.86. The van der Waals surface area contributed by atoms with Crippen LogP contribution in [0.4, 0.5) is 0 Å². The Morgan fingerprint density at radius 3 is 2.43 bits per heavy atom. The van der Waals surface area contributed by atoms with Gasteiger partial charge in [0.25, 0.3) is 5.91 Å². The molecule has 1 aromatic carbocycles. The molecular formula is C16H23NO4. The van der Waals surface area contributed by atoms with Crippen LogP contribution in [0.3, 0.4) is 0 Å². The van der Waals surface area contributed by atoms with Gasteiger partial charge in [-0.1, -0.05) is 44.2 Å². The van der Waals surface area contributed by atoms with Crippen LogP contribution in [0.1, 0.15) is 32.8 Å². The van der Waals surface area contributed by atoms with Gasteiger partial charge in [0.05, 0.1) is 13.2 Å². The van der Waals surface area contributed by atoms with Crippen LogP contribution in [0.2, 0.25) is 0 Å². The predicted molar refractivity (Wildman–Crippen MR) is 79.0 cm³/mol. The van der Waals surface area contributed by atoms with E-state index in [2.05, 4.69) is 5.48 Å². The van der Waals surface area contributed by atoms with Crippen LogP contribution < -0.4 is 5.48 Å². The molecule has 5 heteroatoms. The summed E-state index contributed by atoms with van der Waals surface area (Å²) in [6.07, 6.45) is 0.430. The molecule has 1 rings (SSSR count). The largest absolute Gasteiger partial charge is 0.465 e. The lowest BCUT2D eigenvalue weighted by molar-refractivity contribution is -0.157. The van der Waals surface area contributed by atoms with Crippen LogP contribution in [-0.4, -0.2) is 18.5 Å².